The first-order chi connectivity index (χ1) is 7.25. The summed E-state index contributed by atoms with van der Waals surface area (Å²) in [4.78, 5) is 17.2. The molecule has 1 saturated heterocycles. The van der Waals surface area contributed by atoms with Crippen LogP contribution >= 0.6 is 7.82 Å². The van der Waals surface area contributed by atoms with Gasteiger partial charge >= 0.3 is 7.82 Å². The Balaban J connectivity index is 2.93. The number of aliphatic hydroxyl groups excluding tert-OH is 4. The van der Waals surface area contributed by atoms with E-state index in [1.165, 1.54) is 0 Å². The number of hydrogen-bond donors (Lipinski definition) is 6. The summed E-state index contributed by atoms with van der Waals surface area (Å²) in [5, 5.41) is 36.5. The van der Waals surface area contributed by atoms with Crippen molar-refractivity contribution in [2.45, 2.75) is 24.1 Å². The Bertz CT molecular complexity index is 290. The van der Waals surface area contributed by atoms with Crippen LogP contribution in [0.25, 0.3) is 0 Å². The number of ether oxygens (including phenoxy) is 1. The van der Waals surface area contributed by atoms with Crippen molar-refractivity contribution in [1.82, 2.24) is 0 Å². The molecule has 0 spiro atoms. The third-order valence-electron chi connectivity index (χ3n) is 2.18. The molecule has 1 aliphatic rings. The van der Waals surface area contributed by atoms with E-state index in [0.717, 1.165) is 0 Å². The summed E-state index contributed by atoms with van der Waals surface area (Å²) >= 11 is 0. The number of rotatable bonds is 4. The zero-order valence-corrected chi connectivity index (χ0v) is 8.90. The minimum Gasteiger partial charge on any atom is -0.394 e. The van der Waals surface area contributed by atoms with Gasteiger partial charge in [-0.1, -0.05) is 0 Å². The van der Waals surface area contributed by atoms with Crippen molar-refractivity contribution < 1.29 is 44.0 Å². The molecule has 9 nitrogen and oxygen atoms in total. The van der Waals surface area contributed by atoms with Gasteiger partial charge in [0.1, 0.15) is 24.9 Å². The summed E-state index contributed by atoms with van der Waals surface area (Å²) in [6, 6.07) is 0. The standard InChI is InChI=1S/C6H13O9P/c7-1-3-4(9)5(10)6(2-8,14-3)15-16(11,12)13/h3-5,7-10H,1-2H2,(H2,11,12,13)/t3-,4?,5+,6+/m1/s1. The Kier molecular flexibility index (Phi) is 4.06. The highest BCUT2D eigenvalue weighted by atomic mass is 31.2. The molecule has 10 heteroatoms. The van der Waals surface area contributed by atoms with Gasteiger partial charge in [-0.2, -0.15) is 0 Å². The van der Waals surface area contributed by atoms with Crippen molar-refractivity contribution in [2.24, 2.45) is 0 Å². The largest absolute Gasteiger partial charge is 0.472 e. The Morgan fingerprint density at radius 3 is 2.19 bits per heavy atom. The molecule has 0 saturated carbocycles. The lowest BCUT2D eigenvalue weighted by Crippen LogP contribution is -2.47. The molecular weight excluding hydrogens is 247 g/mol. The maximum Gasteiger partial charge on any atom is 0.472 e. The van der Waals surface area contributed by atoms with E-state index in [1.54, 1.807) is 0 Å². The number of phosphoric ester groups is 1. The van der Waals surface area contributed by atoms with E-state index in [2.05, 4.69) is 4.52 Å². The summed E-state index contributed by atoms with van der Waals surface area (Å²) in [6.07, 6.45) is -4.81. The molecular formula is C6H13O9P. The quantitative estimate of drug-likeness (QED) is 0.288. The molecule has 0 bridgehead atoms. The predicted octanol–water partition coefficient (Wildman–Crippen LogP) is -3.10. The van der Waals surface area contributed by atoms with Crippen molar-refractivity contribution >= 4 is 7.82 Å². The van der Waals surface area contributed by atoms with E-state index in [0.29, 0.717) is 0 Å². The fraction of sp³-hybridized carbons (Fsp3) is 1.00. The number of aliphatic hydroxyl groups is 4. The lowest BCUT2D eigenvalue weighted by molar-refractivity contribution is -0.237. The number of phosphoric acid groups is 1. The lowest BCUT2D eigenvalue weighted by atomic mass is 10.1. The van der Waals surface area contributed by atoms with Crippen molar-refractivity contribution in [3.05, 3.63) is 0 Å². The Morgan fingerprint density at radius 1 is 1.31 bits per heavy atom. The highest BCUT2D eigenvalue weighted by Gasteiger charge is 2.57. The van der Waals surface area contributed by atoms with Crippen LogP contribution in [0, 0.1) is 0 Å². The molecule has 0 aromatic rings. The van der Waals surface area contributed by atoms with Crippen molar-refractivity contribution in [2.75, 3.05) is 13.2 Å². The molecule has 1 rings (SSSR count). The van der Waals surface area contributed by atoms with Crippen LogP contribution in [0.2, 0.25) is 0 Å². The first-order valence-electron chi connectivity index (χ1n) is 4.28. The Hall–Kier alpha value is -0.0900. The second-order valence-corrected chi connectivity index (χ2v) is 4.49. The highest BCUT2D eigenvalue weighted by Crippen LogP contribution is 2.46. The molecule has 0 aromatic carbocycles. The highest BCUT2D eigenvalue weighted by molar-refractivity contribution is 7.46. The van der Waals surface area contributed by atoms with E-state index in [-0.39, 0.29) is 0 Å². The molecule has 1 unspecified atom stereocenters. The van der Waals surface area contributed by atoms with Gasteiger partial charge in [0.25, 0.3) is 0 Å². The summed E-state index contributed by atoms with van der Waals surface area (Å²) in [5.41, 5.74) is 0. The van der Waals surface area contributed by atoms with Gasteiger partial charge in [0.2, 0.25) is 5.79 Å². The Labute approximate surface area is 90.1 Å². The lowest BCUT2D eigenvalue weighted by Gasteiger charge is -2.29. The molecule has 1 aliphatic heterocycles. The van der Waals surface area contributed by atoms with Gasteiger partial charge in [0, 0.05) is 0 Å². The minimum atomic E-state index is -5.04. The van der Waals surface area contributed by atoms with Crippen LogP contribution in [0.4, 0.5) is 0 Å². The summed E-state index contributed by atoms with van der Waals surface area (Å²) in [7, 11) is -5.04. The van der Waals surface area contributed by atoms with Gasteiger partial charge in [-0.3, -0.25) is 0 Å². The monoisotopic (exact) mass is 260 g/mol. The Morgan fingerprint density at radius 2 is 1.88 bits per heavy atom. The maximum atomic E-state index is 10.6. The van der Waals surface area contributed by atoms with Gasteiger partial charge < -0.3 is 34.9 Å². The first kappa shape index (κ1) is 14.0. The van der Waals surface area contributed by atoms with Crippen molar-refractivity contribution in [3.8, 4) is 0 Å². The minimum absolute atomic E-state index is 0.704. The van der Waals surface area contributed by atoms with E-state index in [4.69, 9.17) is 24.7 Å². The molecule has 0 aromatic heterocycles. The third-order valence-corrected chi connectivity index (χ3v) is 2.73. The summed E-state index contributed by atoms with van der Waals surface area (Å²) < 4.78 is 19.5. The first-order valence-corrected chi connectivity index (χ1v) is 5.81. The maximum absolute atomic E-state index is 10.6. The van der Waals surface area contributed by atoms with Gasteiger partial charge in [-0.15, -0.1) is 0 Å². The van der Waals surface area contributed by atoms with Gasteiger partial charge in [-0.25, -0.2) is 9.09 Å². The fourth-order valence-electron chi connectivity index (χ4n) is 1.44. The second-order valence-electron chi connectivity index (χ2n) is 3.33. The summed E-state index contributed by atoms with van der Waals surface area (Å²) in [6.45, 7) is -1.79. The molecule has 1 heterocycles. The average molecular weight is 260 g/mol. The third kappa shape index (κ3) is 2.59. The molecule has 4 atom stereocenters. The molecule has 1 fully saturated rings. The van der Waals surface area contributed by atoms with E-state index >= 15 is 0 Å². The van der Waals surface area contributed by atoms with Crippen LogP contribution in [0.5, 0.6) is 0 Å². The van der Waals surface area contributed by atoms with E-state index in [1.807, 2.05) is 0 Å². The van der Waals surface area contributed by atoms with Crippen LogP contribution in [0.1, 0.15) is 0 Å². The molecule has 0 radical (unpaired) electrons. The number of hydrogen-bond acceptors (Lipinski definition) is 7. The smallest absolute Gasteiger partial charge is 0.394 e. The van der Waals surface area contributed by atoms with Gasteiger partial charge in [0.15, 0.2) is 0 Å². The second kappa shape index (κ2) is 4.65. The van der Waals surface area contributed by atoms with Crippen LogP contribution in [-0.2, 0) is 13.8 Å². The van der Waals surface area contributed by atoms with E-state index in [9.17, 15) is 14.8 Å². The van der Waals surface area contributed by atoms with Crippen LogP contribution < -0.4 is 0 Å². The topological polar surface area (TPSA) is 157 Å². The van der Waals surface area contributed by atoms with Crippen LogP contribution in [0.15, 0.2) is 0 Å². The average Bonchev–Trinajstić information content (AvgIpc) is 2.41. The van der Waals surface area contributed by atoms with Crippen molar-refractivity contribution in [3.63, 3.8) is 0 Å². The van der Waals surface area contributed by atoms with E-state index < -0.39 is 45.1 Å². The predicted molar refractivity (Wildman–Crippen MR) is 46.9 cm³/mol. The molecule has 16 heavy (non-hydrogen) atoms. The zero-order valence-electron chi connectivity index (χ0n) is 8.00. The molecule has 6 N–H and O–H groups in total. The van der Waals surface area contributed by atoms with Gasteiger partial charge in [-0.05, 0) is 0 Å². The van der Waals surface area contributed by atoms with Gasteiger partial charge in [0.05, 0.1) is 6.61 Å². The van der Waals surface area contributed by atoms with Crippen LogP contribution in [0.3, 0.4) is 0 Å². The SMILES string of the molecule is O=P(O)(O)O[C@]1(CO)O[C@H](CO)C(O)[C@@H]1O. The van der Waals surface area contributed by atoms with Crippen LogP contribution in [-0.4, -0.2) is 67.5 Å². The molecule has 0 aliphatic carbocycles. The molecule has 0 amide bonds. The normalized spacial score (nSPS) is 40.2. The van der Waals surface area contributed by atoms with Crippen molar-refractivity contribution in [1.29, 1.82) is 0 Å². The molecule has 96 valence electrons. The zero-order chi connectivity index (χ0) is 12.6. The fourth-order valence-corrected chi connectivity index (χ4v) is 2.05. The summed E-state index contributed by atoms with van der Waals surface area (Å²) in [5.74, 6) is -2.44.